The highest BCUT2D eigenvalue weighted by molar-refractivity contribution is 8.18. The van der Waals surface area contributed by atoms with Gasteiger partial charge in [-0.2, -0.15) is 0 Å². The Hall–Kier alpha value is -4.76. The van der Waals surface area contributed by atoms with Crippen molar-refractivity contribution in [2.75, 3.05) is 6.54 Å². The largest absolute Gasteiger partial charge is 0.489 e. The number of rotatable bonds is 8. The summed E-state index contributed by atoms with van der Waals surface area (Å²) in [6.07, 6.45) is 1.59. The first-order chi connectivity index (χ1) is 18.4. The summed E-state index contributed by atoms with van der Waals surface area (Å²) in [4.78, 5) is 49.3. The Bertz CT molecular complexity index is 1610. The summed E-state index contributed by atoms with van der Waals surface area (Å²) in [5.74, 6) is -0.455. The molecule has 1 fully saturated rings. The van der Waals surface area contributed by atoms with Gasteiger partial charge in [-0.1, -0.05) is 54.6 Å². The number of carbonyl (C=O) groups excluding carboxylic acids is 3. The van der Waals surface area contributed by atoms with E-state index in [2.05, 4.69) is 0 Å². The molecule has 4 aromatic rings. The molecule has 9 heteroatoms. The lowest BCUT2D eigenvalue weighted by Gasteiger charge is -2.11. The minimum absolute atomic E-state index is 0.154. The maximum Gasteiger partial charge on any atom is 0.293 e. The molecule has 188 valence electrons. The zero-order valence-corrected chi connectivity index (χ0v) is 20.7. The lowest BCUT2D eigenvalue weighted by Crippen LogP contribution is -2.33. The van der Waals surface area contributed by atoms with Crippen molar-refractivity contribution >= 4 is 51.2 Å². The Morgan fingerprint density at radius 2 is 1.68 bits per heavy atom. The van der Waals surface area contributed by atoms with Crippen LogP contribution in [0.1, 0.15) is 21.5 Å². The Kier molecular flexibility index (Phi) is 7.01. The van der Waals surface area contributed by atoms with E-state index in [1.54, 1.807) is 24.3 Å². The summed E-state index contributed by atoms with van der Waals surface area (Å²) >= 11 is 0.754. The molecule has 8 nitrogen and oxygen atoms in total. The van der Waals surface area contributed by atoms with Crippen molar-refractivity contribution in [3.63, 3.8) is 0 Å². The summed E-state index contributed by atoms with van der Waals surface area (Å²) in [5, 5.41) is 12.5. The summed E-state index contributed by atoms with van der Waals surface area (Å²) in [6, 6.07) is 26.3. The third-order valence-electron chi connectivity index (χ3n) is 6.01. The van der Waals surface area contributed by atoms with Gasteiger partial charge in [-0.05, 0) is 64.0 Å². The van der Waals surface area contributed by atoms with E-state index in [1.165, 1.54) is 24.3 Å². The highest BCUT2D eigenvalue weighted by Gasteiger charge is 2.36. The van der Waals surface area contributed by atoms with Crippen LogP contribution in [0.2, 0.25) is 0 Å². The third kappa shape index (κ3) is 5.33. The van der Waals surface area contributed by atoms with Crippen LogP contribution in [0.25, 0.3) is 16.8 Å². The standard InChI is InChI=1S/C29H20N2O6S/c32-26(21-11-13-23(14-12-21)31(35)36)17-30-28(33)27(38-29(30)34)16-19-5-3-9-24(15-19)37-18-22-8-4-7-20-6-1-2-10-25(20)22/h1-16H,17-18H2/b27-16+. The first kappa shape index (κ1) is 24.9. The molecule has 0 spiro atoms. The zero-order chi connectivity index (χ0) is 26.6. The number of nitro benzene ring substituents is 1. The SMILES string of the molecule is O=C(CN1C(=O)S/C(=C/c2cccc(OCc3cccc4ccccc34)c2)C1=O)c1ccc([N+](=O)[O-])cc1. The normalized spacial score (nSPS) is 14.3. The number of amides is 2. The number of benzene rings is 4. The highest BCUT2D eigenvalue weighted by Crippen LogP contribution is 2.33. The molecule has 5 rings (SSSR count). The topological polar surface area (TPSA) is 107 Å². The number of nitrogens with zero attached hydrogens (tertiary/aromatic N) is 2. The van der Waals surface area contributed by atoms with E-state index in [0.717, 1.165) is 33.0 Å². The van der Waals surface area contributed by atoms with E-state index in [1.807, 2.05) is 48.5 Å². The molecule has 1 saturated heterocycles. The summed E-state index contributed by atoms with van der Waals surface area (Å²) in [6.45, 7) is -0.0833. The van der Waals surface area contributed by atoms with E-state index in [0.29, 0.717) is 17.9 Å². The predicted molar refractivity (Wildman–Crippen MR) is 145 cm³/mol. The van der Waals surface area contributed by atoms with Gasteiger partial charge in [-0.15, -0.1) is 0 Å². The van der Waals surface area contributed by atoms with Crippen molar-refractivity contribution in [1.29, 1.82) is 0 Å². The van der Waals surface area contributed by atoms with Crippen molar-refractivity contribution < 1.29 is 24.0 Å². The molecule has 0 radical (unpaired) electrons. The Morgan fingerprint density at radius 3 is 2.47 bits per heavy atom. The number of hydrogen-bond acceptors (Lipinski definition) is 7. The Labute approximate surface area is 221 Å². The van der Waals surface area contributed by atoms with Gasteiger partial charge in [0, 0.05) is 17.7 Å². The van der Waals surface area contributed by atoms with Crippen LogP contribution < -0.4 is 4.74 Å². The molecule has 0 bridgehead atoms. The van der Waals surface area contributed by atoms with Gasteiger partial charge >= 0.3 is 0 Å². The van der Waals surface area contributed by atoms with Crippen molar-refractivity contribution in [2.45, 2.75) is 6.61 Å². The van der Waals surface area contributed by atoms with E-state index in [9.17, 15) is 24.5 Å². The van der Waals surface area contributed by atoms with Gasteiger partial charge < -0.3 is 4.74 Å². The number of imide groups is 1. The zero-order valence-electron chi connectivity index (χ0n) is 19.9. The fourth-order valence-corrected chi connectivity index (χ4v) is 4.90. The van der Waals surface area contributed by atoms with Gasteiger partial charge in [0.1, 0.15) is 12.4 Å². The minimum atomic E-state index is -0.572. The van der Waals surface area contributed by atoms with Gasteiger partial charge in [-0.25, -0.2) is 0 Å². The smallest absolute Gasteiger partial charge is 0.293 e. The minimum Gasteiger partial charge on any atom is -0.489 e. The van der Waals surface area contributed by atoms with Crippen molar-refractivity contribution in [3.05, 3.63) is 123 Å². The van der Waals surface area contributed by atoms with Crippen LogP contribution in [-0.2, 0) is 11.4 Å². The van der Waals surface area contributed by atoms with Crippen molar-refractivity contribution in [1.82, 2.24) is 4.90 Å². The molecule has 38 heavy (non-hydrogen) atoms. The molecule has 0 aromatic heterocycles. The van der Waals surface area contributed by atoms with Crippen LogP contribution in [-0.4, -0.2) is 33.3 Å². The Balaban J connectivity index is 1.27. The van der Waals surface area contributed by atoms with Gasteiger partial charge in [0.05, 0.1) is 16.4 Å². The van der Waals surface area contributed by atoms with E-state index in [4.69, 9.17) is 4.74 Å². The summed E-state index contributed by atoms with van der Waals surface area (Å²) in [7, 11) is 0. The number of thioether (sulfide) groups is 1. The molecule has 1 heterocycles. The van der Waals surface area contributed by atoms with Crippen LogP contribution in [0.5, 0.6) is 5.75 Å². The van der Waals surface area contributed by atoms with Crippen LogP contribution >= 0.6 is 11.8 Å². The molecular formula is C29H20N2O6S. The molecule has 0 atom stereocenters. The van der Waals surface area contributed by atoms with Crippen molar-refractivity contribution in [3.8, 4) is 5.75 Å². The monoisotopic (exact) mass is 524 g/mol. The predicted octanol–water partition coefficient (Wildman–Crippen LogP) is 6.25. The maximum absolute atomic E-state index is 12.9. The fraction of sp³-hybridized carbons (Fsp3) is 0.0690. The molecular weight excluding hydrogens is 504 g/mol. The average Bonchev–Trinajstić information content (AvgIpc) is 3.19. The second kappa shape index (κ2) is 10.7. The van der Waals surface area contributed by atoms with Gasteiger partial charge in [0.15, 0.2) is 5.78 Å². The van der Waals surface area contributed by atoms with Gasteiger partial charge in [0.25, 0.3) is 16.8 Å². The van der Waals surface area contributed by atoms with E-state index >= 15 is 0 Å². The number of nitro groups is 1. The van der Waals surface area contributed by atoms with Crippen LogP contribution in [0, 0.1) is 10.1 Å². The number of fused-ring (bicyclic) bond motifs is 1. The molecule has 0 unspecified atom stereocenters. The average molecular weight is 525 g/mol. The molecule has 1 aliphatic rings. The first-order valence-corrected chi connectivity index (χ1v) is 12.4. The molecule has 0 N–H and O–H groups in total. The molecule has 4 aromatic carbocycles. The van der Waals surface area contributed by atoms with Gasteiger partial charge in [0.2, 0.25) is 0 Å². The highest BCUT2D eigenvalue weighted by atomic mass is 32.2. The summed E-state index contributed by atoms with van der Waals surface area (Å²) < 4.78 is 6.01. The second-order valence-electron chi connectivity index (χ2n) is 8.49. The number of Topliss-reactive ketones (excluding diaryl/α,β-unsaturated/α-hetero) is 1. The molecule has 2 amide bonds. The number of carbonyl (C=O) groups is 3. The molecule has 0 saturated carbocycles. The van der Waals surface area contributed by atoms with E-state index < -0.39 is 28.4 Å². The lowest BCUT2D eigenvalue weighted by atomic mass is 10.1. The van der Waals surface area contributed by atoms with Crippen molar-refractivity contribution in [2.24, 2.45) is 0 Å². The van der Waals surface area contributed by atoms with Crippen LogP contribution in [0.15, 0.2) is 95.9 Å². The lowest BCUT2D eigenvalue weighted by molar-refractivity contribution is -0.384. The van der Waals surface area contributed by atoms with Crippen LogP contribution in [0.4, 0.5) is 10.5 Å². The van der Waals surface area contributed by atoms with E-state index in [-0.39, 0.29) is 16.2 Å². The quantitative estimate of drug-likeness (QED) is 0.116. The summed E-state index contributed by atoms with van der Waals surface area (Å²) in [5.41, 5.74) is 1.74. The fourth-order valence-electron chi connectivity index (χ4n) is 4.07. The third-order valence-corrected chi connectivity index (χ3v) is 6.91. The molecule has 0 aliphatic carbocycles. The number of ketones is 1. The first-order valence-electron chi connectivity index (χ1n) is 11.6. The number of hydrogen-bond donors (Lipinski definition) is 0. The van der Waals surface area contributed by atoms with Crippen LogP contribution in [0.3, 0.4) is 0 Å². The van der Waals surface area contributed by atoms with Gasteiger partial charge in [-0.3, -0.25) is 29.4 Å². The Morgan fingerprint density at radius 1 is 0.947 bits per heavy atom. The number of non-ortho nitro benzene ring substituents is 1. The molecule has 1 aliphatic heterocycles. The second-order valence-corrected chi connectivity index (χ2v) is 9.49. The number of ether oxygens (including phenoxy) is 1. The maximum atomic E-state index is 12.9.